The van der Waals surface area contributed by atoms with Crippen LogP contribution in [0.1, 0.15) is 9.88 Å². The van der Waals surface area contributed by atoms with Crippen LogP contribution in [0.15, 0.2) is 35.5 Å². The maximum Gasteiger partial charge on any atom is 0.191 e. The van der Waals surface area contributed by atoms with Crippen molar-refractivity contribution < 1.29 is 4.39 Å². The van der Waals surface area contributed by atoms with E-state index >= 15 is 0 Å². The number of rotatable bonds is 7. The molecule has 9 heteroatoms. The quantitative estimate of drug-likeness (QED) is 0.327. The normalized spacial score (nSPS) is 15.1. The van der Waals surface area contributed by atoms with Crippen LogP contribution in [0.25, 0.3) is 0 Å². The number of halogens is 2. The molecule has 2 heterocycles. The monoisotopic (exact) mass is 532 g/mol. The van der Waals surface area contributed by atoms with Gasteiger partial charge in [-0.3, -0.25) is 9.89 Å². The summed E-state index contributed by atoms with van der Waals surface area (Å²) in [5.74, 6) is 0.649. The van der Waals surface area contributed by atoms with Gasteiger partial charge in [-0.2, -0.15) is 0 Å². The SMILES string of the molecule is CN=C(NCCc1ncc(C)s1)NCCN1CCN(c2ccc(F)cc2)CC1.I. The van der Waals surface area contributed by atoms with Gasteiger partial charge in [0.1, 0.15) is 5.82 Å². The van der Waals surface area contributed by atoms with Gasteiger partial charge in [-0.15, -0.1) is 35.3 Å². The molecule has 29 heavy (non-hydrogen) atoms. The molecule has 160 valence electrons. The molecule has 0 saturated carbocycles. The smallest absolute Gasteiger partial charge is 0.191 e. The lowest BCUT2D eigenvalue weighted by molar-refractivity contribution is 0.261. The van der Waals surface area contributed by atoms with E-state index in [-0.39, 0.29) is 29.8 Å². The van der Waals surface area contributed by atoms with Crippen LogP contribution < -0.4 is 15.5 Å². The lowest BCUT2D eigenvalue weighted by atomic mass is 10.2. The van der Waals surface area contributed by atoms with Gasteiger partial charge in [-0.05, 0) is 31.2 Å². The Balaban J connectivity index is 0.00000300. The highest BCUT2D eigenvalue weighted by molar-refractivity contribution is 14.0. The number of aryl methyl sites for hydroxylation is 1. The number of nitrogens with one attached hydrogen (secondary N) is 2. The van der Waals surface area contributed by atoms with Crippen LogP contribution in [0.4, 0.5) is 10.1 Å². The zero-order chi connectivity index (χ0) is 19.8. The summed E-state index contributed by atoms with van der Waals surface area (Å²) in [7, 11) is 1.80. The Morgan fingerprint density at radius 3 is 2.45 bits per heavy atom. The lowest BCUT2D eigenvalue weighted by Crippen LogP contribution is -2.49. The number of aromatic nitrogens is 1. The molecule has 3 rings (SSSR count). The highest BCUT2D eigenvalue weighted by Crippen LogP contribution is 2.16. The Bertz CT molecular complexity index is 759. The second kappa shape index (κ2) is 12.3. The summed E-state index contributed by atoms with van der Waals surface area (Å²) in [6.07, 6.45) is 2.83. The molecule has 2 aromatic rings. The van der Waals surface area contributed by atoms with E-state index in [0.717, 1.165) is 68.9 Å². The van der Waals surface area contributed by atoms with Crippen molar-refractivity contribution in [2.45, 2.75) is 13.3 Å². The van der Waals surface area contributed by atoms with Crippen LogP contribution in [0.2, 0.25) is 0 Å². The molecule has 2 N–H and O–H groups in total. The number of aliphatic imine (C=N–C) groups is 1. The van der Waals surface area contributed by atoms with Crippen LogP contribution in [-0.2, 0) is 6.42 Å². The van der Waals surface area contributed by atoms with Crippen LogP contribution in [0.5, 0.6) is 0 Å². The second-order valence-corrected chi connectivity index (χ2v) is 8.16. The van der Waals surface area contributed by atoms with Crippen LogP contribution in [0, 0.1) is 12.7 Å². The van der Waals surface area contributed by atoms with Crippen molar-refractivity contribution in [3.63, 3.8) is 0 Å². The number of guanidine groups is 1. The standard InChI is InChI=1S/C20H29FN6S.HI/c1-16-15-25-19(28-16)7-8-23-20(22-2)24-9-10-26-11-13-27(14-12-26)18-5-3-17(21)4-6-18;/h3-6,15H,7-14H2,1-2H3,(H2,22,23,24);1H. The van der Waals surface area contributed by atoms with E-state index in [9.17, 15) is 4.39 Å². The van der Waals surface area contributed by atoms with E-state index in [1.807, 2.05) is 18.3 Å². The first kappa shape index (κ1) is 23.8. The third-order valence-electron chi connectivity index (χ3n) is 4.81. The molecular weight excluding hydrogens is 502 g/mol. The van der Waals surface area contributed by atoms with Crippen molar-refractivity contribution in [2.24, 2.45) is 4.99 Å². The number of hydrogen-bond acceptors (Lipinski definition) is 5. The molecule has 0 amide bonds. The summed E-state index contributed by atoms with van der Waals surface area (Å²) >= 11 is 1.74. The molecule has 1 saturated heterocycles. The predicted molar refractivity (Wildman–Crippen MR) is 130 cm³/mol. The highest BCUT2D eigenvalue weighted by Gasteiger charge is 2.16. The van der Waals surface area contributed by atoms with Crippen LogP contribution in [-0.4, -0.2) is 68.7 Å². The molecule has 0 unspecified atom stereocenters. The molecule has 1 fully saturated rings. The molecule has 1 aromatic carbocycles. The van der Waals surface area contributed by atoms with Gasteiger partial charge in [0.25, 0.3) is 0 Å². The average Bonchev–Trinajstić information content (AvgIpc) is 3.13. The Morgan fingerprint density at radius 1 is 1.14 bits per heavy atom. The van der Waals surface area contributed by atoms with Gasteiger partial charge in [0.2, 0.25) is 0 Å². The lowest BCUT2D eigenvalue weighted by Gasteiger charge is -2.36. The summed E-state index contributed by atoms with van der Waals surface area (Å²) < 4.78 is 13.1. The molecule has 0 atom stereocenters. The zero-order valence-corrected chi connectivity index (χ0v) is 20.2. The van der Waals surface area contributed by atoms with E-state index in [2.05, 4.69) is 37.3 Å². The van der Waals surface area contributed by atoms with E-state index in [4.69, 9.17) is 0 Å². The number of piperazine rings is 1. The van der Waals surface area contributed by atoms with E-state index in [1.54, 1.807) is 18.4 Å². The first-order chi connectivity index (χ1) is 13.6. The van der Waals surface area contributed by atoms with Gasteiger partial charge in [-0.25, -0.2) is 9.37 Å². The topological polar surface area (TPSA) is 55.8 Å². The zero-order valence-electron chi connectivity index (χ0n) is 17.0. The minimum Gasteiger partial charge on any atom is -0.369 e. The Morgan fingerprint density at radius 2 is 1.83 bits per heavy atom. The fourth-order valence-electron chi connectivity index (χ4n) is 3.24. The summed E-state index contributed by atoms with van der Waals surface area (Å²) in [5, 5.41) is 7.88. The van der Waals surface area contributed by atoms with Gasteiger partial charge in [0.15, 0.2) is 5.96 Å². The van der Waals surface area contributed by atoms with Gasteiger partial charge in [0, 0.05) is 76.0 Å². The van der Waals surface area contributed by atoms with E-state index < -0.39 is 0 Å². The van der Waals surface area contributed by atoms with Crippen molar-refractivity contribution >= 4 is 47.0 Å². The maximum absolute atomic E-state index is 13.1. The molecule has 1 aliphatic rings. The first-order valence-corrected chi connectivity index (χ1v) is 10.5. The molecule has 1 aliphatic heterocycles. The molecule has 0 bridgehead atoms. The van der Waals surface area contributed by atoms with Crippen molar-refractivity contribution in [3.05, 3.63) is 46.2 Å². The predicted octanol–water partition coefficient (Wildman–Crippen LogP) is 2.74. The summed E-state index contributed by atoms with van der Waals surface area (Å²) in [6.45, 7) is 8.67. The number of anilines is 1. The Hall–Kier alpha value is -1.46. The maximum atomic E-state index is 13.1. The summed E-state index contributed by atoms with van der Waals surface area (Å²) in [5.41, 5.74) is 1.10. The fourth-order valence-corrected chi connectivity index (χ4v) is 4.03. The Labute approximate surface area is 193 Å². The van der Waals surface area contributed by atoms with Crippen molar-refractivity contribution in [3.8, 4) is 0 Å². The molecular formula is C20H30FIN6S. The summed E-state index contributed by atoms with van der Waals surface area (Å²) in [4.78, 5) is 14.7. The van der Waals surface area contributed by atoms with Gasteiger partial charge in [-0.1, -0.05) is 0 Å². The third-order valence-corrected chi connectivity index (χ3v) is 5.78. The average molecular weight is 532 g/mol. The van der Waals surface area contributed by atoms with Crippen molar-refractivity contribution in [1.29, 1.82) is 0 Å². The molecule has 0 aliphatic carbocycles. The minimum absolute atomic E-state index is 0. The van der Waals surface area contributed by atoms with E-state index in [1.165, 1.54) is 17.0 Å². The largest absolute Gasteiger partial charge is 0.369 e. The molecule has 6 nitrogen and oxygen atoms in total. The fraction of sp³-hybridized carbons (Fsp3) is 0.500. The number of nitrogens with zero attached hydrogens (tertiary/aromatic N) is 4. The first-order valence-electron chi connectivity index (χ1n) is 9.73. The Kier molecular flexibility index (Phi) is 10.1. The number of benzene rings is 1. The summed E-state index contributed by atoms with van der Waals surface area (Å²) in [6, 6.07) is 6.77. The van der Waals surface area contributed by atoms with Gasteiger partial charge < -0.3 is 15.5 Å². The molecule has 1 aromatic heterocycles. The number of thiazole rings is 1. The molecule has 0 spiro atoms. The number of hydrogen-bond donors (Lipinski definition) is 2. The minimum atomic E-state index is -0.183. The second-order valence-electron chi connectivity index (χ2n) is 6.85. The van der Waals surface area contributed by atoms with Gasteiger partial charge >= 0.3 is 0 Å². The van der Waals surface area contributed by atoms with Crippen molar-refractivity contribution in [2.75, 3.05) is 57.8 Å². The molecule has 0 radical (unpaired) electrons. The van der Waals surface area contributed by atoms with Crippen molar-refractivity contribution in [1.82, 2.24) is 20.5 Å². The highest BCUT2D eigenvalue weighted by atomic mass is 127. The van der Waals surface area contributed by atoms with Crippen LogP contribution >= 0.6 is 35.3 Å². The van der Waals surface area contributed by atoms with E-state index in [0.29, 0.717) is 0 Å². The third kappa shape index (κ3) is 7.71. The van der Waals surface area contributed by atoms with Gasteiger partial charge in [0.05, 0.1) is 5.01 Å². The van der Waals surface area contributed by atoms with Crippen LogP contribution in [0.3, 0.4) is 0 Å².